The monoisotopic (exact) mass is 508 g/mol. The zero-order chi connectivity index (χ0) is 26.0. The minimum atomic E-state index is -0.806. The largest absolute Gasteiger partial charge is 0.497 e. The fourth-order valence-electron chi connectivity index (χ4n) is 4.22. The molecule has 2 aromatic carbocycles. The smallest absolute Gasteiger partial charge is 0.338 e. The average molecular weight is 509 g/mol. The van der Waals surface area contributed by atoms with Crippen molar-refractivity contribution in [1.82, 2.24) is 4.57 Å². The summed E-state index contributed by atoms with van der Waals surface area (Å²) in [4.78, 5) is 32.0. The number of methoxy groups -OCH3 is 3. The molecule has 0 N–H and O–H groups in total. The van der Waals surface area contributed by atoms with Crippen LogP contribution >= 0.6 is 11.3 Å². The molecule has 0 bridgehead atoms. The van der Waals surface area contributed by atoms with Crippen LogP contribution in [-0.2, 0) is 9.53 Å². The van der Waals surface area contributed by atoms with E-state index in [1.807, 2.05) is 25.1 Å². The van der Waals surface area contributed by atoms with Crippen molar-refractivity contribution in [3.63, 3.8) is 0 Å². The number of aromatic nitrogens is 1. The maximum atomic E-state index is 13.8. The summed E-state index contributed by atoms with van der Waals surface area (Å²) < 4.78 is 23.9. The summed E-state index contributed by atoms with van der Waals surface area (Å²) >= 11 is 1.26. The first kappa shape index (κ1) is 25.2. The zero-order valence-electron chi connectivity index (χ0n) is 21.1. The molecule has 0 aliphatic carbocycles. The van der Waals surface area contributed by atoms with Crippen LogP contribution < -0.4 is 29.1 Å². The van der Waals surface area contributed by atoms with Gasteiger partial charge in [-0.25, -0.2) is 9.79 Å². The van der Waals surface area contributed by atoms with Crippen LogP contribution in [0.4, 0.5) is 0 Å². The van der Waals surface area contributed by atoms with E-state index in [-0.39, 0.29) is 17.7 Å². The van der Waals surface area contributed by atoms with Gasteiger partial charge in [0.15, 0.2) is 4.80 Å². The SMILES string of the molecule is CCOC(=O)C1=C(C)N=c2s/c(=C\c3ccc(C)c(OC)c3)c(=O)n2C1c1cc(OC)ccc1OC. The molecule has 1 aliphatic rings. The van der Waals surface area contributed by atoms with Gasteiger partial charge in [0.25, 0.3) is 5.56 Å². The predicted octanol–water partition coefficient (Wildman–Crippen LogP) is 3.13. The molecule has 36 heavy (non-hydrogen) atoms. The van der Waals surface area contributed by atoms with Crippen molar-refractivity contribution in [2.24, 2.45) is 4.99 Å². The molecule has 0 saturated heterocycles. The van der Waals surface area contributed by atoms with Gasteiger partial charge in [-0.15, -0.1) is 0 Å². The molecule has 0 saturated carbocycles. The Labute approximate surface area is 212 Å². The Hall–Kier alpha value is -3.85. The third kappa shape index (κ3) is 4.54. The number of thiazole rings is 1. The van der Waals surface area contributed by atoms with E-state index in [4.69, 9.17) is 18.9 Å². The maximum absolute atomic E-state index is 13.8. The number of carbonyl (C=O) groups excluding carboxylic acids is 1. The van der Waals surface area contributed by atoms with Crippen LogP contribution in [0.3, 0.4) is 0 Å². The lowest BCUT2D eigenvalue weighted by atomic mass is 9.94. The normalized spacial score (nSPS) is 15.3. The third-order valence-corrected chi connectivity index (χ3v) is 6.96. The fraction of sp³-hybridized carbons (Fsp3) is 0.296. The number of benzene rings is 2. The fourth-order valence-corrected chi connectivity index (χ4v) is 5.26. The van der Waals surface area contributed by atoms with Crippen molar-refractivity contribution in [3.8, 4) is 17.2 Å². The molecule has 0 amide bonds. The zero-order valence-corrected chi connectivity index (χ0v) is 21.9. The number of allylic oxidation sites excluding steroid dienone is 1. The van der Waals surface area contributed by atoms with Crippen LogP contribution in [-0.4, -0.2) is 38.5 Å². The van der Waals surface area contributed by atoms with Gasteiger partial charge in [-0.1, -0.05) is 23.5 Å². The van der Waals surface area contributed by atoms with Gasteiger partial charge in [0.05, 0.1) is 43.7 Å². The summed E-state index contributed by atoms with van der Waals surface area (Å²) in [6.45, 7) is 5.63. The van der Waals surface area contributed by atoms with E-state index in [1.165, 1.54) is 15.9 Å². The number of rotatable bonds is 7. The van der Waals surface area contributed by atoms with Crippen LogP contribution in [0.5, 0.6) is 17.2 Å². The van der Waals surface area contributed by atoms with Crippen LogP contribution in [0.1, 0.15) is 36.6 Å². The number of hydrogen-bond acceptors (Lipinski definition) is 8. The lowest BCUT2D eigenvalue weighted by Gasteiger charge is -2.26. The standard InChI is InChI=1S/C27H28N2O6S/c1-7-35-26(31)23-16(3)28-27-29(24(23)19-14-18(32-4)10-11-20(19)33-5)25(30)22(36-27)13-17-9-8-15(2)21(12-17)34-6/h8-14,24H,7H2,1-6H3/b22-13-. The van der Waals surface area contributed by atoms with Crippen molar-refractivity contribution in [2.45, 2.75) is 26.8 Å². The van der Waals surface area contributed by atoms with Crippen LogP contribution in [0.25, 0.3) is 6.08 Å². The second kappa shape index (κ2) is 10.4. The number of nitrogens with zero attached hydrogens (tertiary/aromatic N) is 2. The Balaban J connectivity index is 2.00. The molecule has 0 fully saturated rings. The van der Waals surface area contributed by atoms with E-state index in [0.29, 0.717) is 32.1 Å². The molecule has 1 unspecified atom stereocenters. The van der Waals surface area contributed by atoms with E-state index in [2.05, 4.69) is 4.99 Å². The molecule has 1 aromatic heterocycles. The Bertz CT molecular complexity index is 1530. The highest BCUT2D eigenvalue weighted by molar-refractivity contribution is 7.07. The highest BCUT2D eigenvalue weighted by atomic mass is 32.1. The Morgan fingerprint density at radius 1 is 1.06 bits per heavy atom. The van der Waals surface area contributed by atoms with E-state index < -0.39 is 12.0 Å². The molecule has 1 atom stereocenters. The number of fused-ring (bicyclic) bond motifs is 1. The van der Waals surface area contributed by atoms with E-state index >= 15 is 0 Å². The van der Waals surface area contributed by atoms with Crippen molar-refractivity contribution < 1.29 is 23.7 Å². The molecule has 8 nitrogen and oxygen atoms in total. The molecular formula is C27H28N2O6S. The van der Waals surface area contributed by atoms with Gasteiger partial charge in [0, 0.05) is 5.56 Å². The van der Waals surface area contributed by atoms with Crippen molar-refractivity contribution >= 4 is 23.4 Å². The minimum absolute atomic E-state index is 0.192. The first-order valence-corrected chi connectivity index (χ1v) is 12.2. The van der Waals surface area contributed by atoms with Gasteiger partial charge in [0.1, 0.15) is 23.3 Å². The Morgan fingerprint density at radius 2 is 1.81 bits per heavy atom. The summed E-state index contributed by atoms with van der Waals surface area (Å²) in [7, 11) is 4.71. The lowest BCUT2D eigenvalue weighted by molar-refractivity contribution is -0.139. The van der Waals surface area contributed by atoms with Crippen molar-refractivity contribution in [1.29, 1.82) is 0 Å². The molecule has 188 valence electrons. The second-order valence-electron chi connectivity index (χ2n) is 8.14. The first-order chi connectivity index (χ1) is 17.3. The number of esters is 1. The Kier molecular flexibility index (Phi) is 7.30. The summed E-state index contributed by atoms with van der Waals surface area (Å²) in [6.07, 6.45) is 1.80. The van der Waals surface area contributed by atoms with Gasteiger partial charge in [-0.05, 0) is 62.2 Å². The number of carbonyl (C=O) groups is 1. The van der Waals surface area contributed by atoms with E-state index in [9.17, 15) is 9.59 Å². The summed E-state index contributed by atoms with van der Waals surface area (Å²) in [5, 5.41) is 0. The first-order valence-electron chi connectivity index (χ1n) is 11.4. The van der Waals surface area contributed by atoms with Crippen molar-refractivity contribution in [2.75, 3.05) is 27.9 Å². The van der Waals surface area contributed by atoms with Crippen LogP contribution in [0, 0.1) is 6.92 Å². The number of ether oxygens (including phenoxy) is 4. The summed E-state index contributed by atoms with van der Waals surface area (Å²) in [6, 6.07) is 10.2. The highest BCUT2D eigenvalue weighted by Gasteiger charge is 2.35. The van der Waals surface area contributed by atoms with Gasteiger partial charge in [0.2, 0.25) is 0 Å². The molecular weight excluding hydrogens is 480 g/mol. The molecule has 0 radical (unpaired) electrons. The maximum Gasteiger partial charge on any atom is 0.338 e. The predicted molar refractivity (Wildman–Crippen MR) is 138 cm³/mol. The quantitative estimate of drug-likeness (QED) is 0.456. The third-order valence-electron chi connectivity index (χ3n) is 5.98. The lowest BCUT2D eigenvalue weighted by Crippen LogP contribution is -2.40. The molecule has 9 heteroatoms. The van der Waals surface area contributed by atoms with Crippen molar-refractivity contribution in [3.05, 3.63) is 84.0 Å². The second-order valence-corrected chi connectivity index (χ2v) is 9.15. The number of aryl methyl sites for hydroxylation is 1. The average Bonchev–Trinajstić information content (AvgIpc) is 3.18. The molecule has 4 rings (SSSR count). The molecule has 3 aromatic rings. The van der Waals surface area contributed by atoms with Gasteiger partial charge in [-0.2, -0.15) is 0 Å². The Morgan fingerprint density at radius 3 is 2.47 bits per heavy atom. The highest BCUT2D eigenvalue weighted by Crippen LogP contribution is 2.37. The summed E-state index contributed by atoms with van der Waals surface area (Å²) in [5.41, 5.74) is 2.89. The molecule has 1 aliphatic heterocycles. The van der Waals surface area contributed by atoms with Crippen LogP contribution in [0.2, 0.25) is 0 Å². The summed E-state index contributed by atoms with van der Waals surface area (Å²) in [5.74, 6) is 1.27. The van der Waals surface area contributed by atoms with E-state index in [1.54, 1.807) is 59.5 Å². The topological polar surface area (TPSA) is 88.4 Å². The van der Waals surface area contributed by atoms with E-state index in [0.717, 1.165) is 16.9 Å². The van der Waals surface area contributed by atoms with Gasteiger partial charge in [-0.3, -0.25) is 9.36 Å². The molecule has 2 heterocycles. The van der Waals surface area contributed by atoms with Gasteiger partial charge >= 0.3 is 5.97 Å². The minimum Gasteiger partial charge on any atom is -0.497 e. The molecule has 0 spiro atoms. The van der Waals surface area contributed by atoms with Gasteiger partial charge < -0.3 is 18.9 Å². The van der Waals surface area contributed by atoms with Crippen LogP contribution in [0.15, 0.2) is 57.5 Å². The number of hydrogen-bond donors (Lipinski definition) is 0.